The van der Waals surface area contributed by atoms with Crippen LogP contribution in [0.2, 0.25) is 0 Å². The highest BCUT2D eigenvalue weighted by Crippen LogP contribution is 2.40. The van der Waals surface area contributed by atoms with Crippen LogP contribution in [0.15, 0.2) is 65.7 Å². The second kappa shape index (κ2) is 7.27. The molecule has 1 saturated heterocycles. The third-order valence-electron chi connectivity index (χ3n) is 6.14. The Morgan fingerprint density at radius 3 is 2.60 bits per heavy atom. The standard InChI is InChI=1S/C24H20N4O2/c25-12-18-3-1-2-4-20(18)21-5-6-22(29)28-14-16-11-19(23(21)28)15-27(13-16)24(30)17-7-9-26-10-8-17/h1-10,16,19H,11,13-15H2/t16-,19+/m0/s1. The molecule has 6 nitrogen and oxygen atoms in total. The first-order valence-electron chi connectivity index (χ1n) is 10.1. The van der Waals surface area contributed by atoms with Crippen LogP contribution in [0.4, 0.5) is 0 Å². The highest BCUT2D eigenvalue weighted by Gasteiger charge is 2.38. The molecule has 3 aromatic rings. The molecule has 4 heterocycles. The van der Waals surface area contributed by atoms with Gasteiger partial charge in [0.2, 0.25) is 0 Å². The van der Waals surface area contributed by atoms with Crippen LogP contribution in [0.3, 0.4) is 0 Å². The summed E-state index contributed by atoms with van der Waals surface area (Å²) in [4.78, 5) is 31.6. The summed E-state index contributed by atoms with van der Waals surface area (Å²) in [7, 11) is 0. The molecular formula is C24H20N4O2. The van der Waals surface area contributed by atoms with Gasteiger partial charge in [-0.2, -0.15) is 5.26 Å². The molecule has 2 aliphatic heterocycles. The summed E-state index contributed by atoms with van der Waals surface area (Å²) >= 11 is 0. The Kier molecular flexibility index (Phi) is 4.44. The van der Waals surface area contributed by atoms with E-state index in [9.17, 15) is 14.9 Å². The van der Waals surface area contributed by atoms with Crippen LogP contribution in [0.1, 0.15) is 34.0 Å². The smallest absolute Gasteiger partial charge is 0.253 e. The van der Waals surface area contributed by atoms with Crippen molar-refractivity contribution in [3.05, 3.63) is 88.1 Å². The van der Waals surface area contributed by atoms with Gasteiger partial charge in [0.05, 0.1) is 11.6 Å². The van der Waals surface area contributed by atoms with Gasteiger partial charge in [0.25, 0.3) is 11.5 Å². The monoisotopic (exact) mass is 396 g/mol. The number of amides is 1. The number of aromatic nitrogens is 2. The van der Waals surface area contributed by atoms with Gasteiger partial charge in [-0.3, -0.25) is 14.6 Å². The lowest BCUT2D eigenvalue weighted by Gasteiger charge is -2.43. The quantitative estimate of drug-likeness (QED) is 0.667. The van der Waals surface area contributed by atoms with Crippen LogP contribution in [-0.2, 0) is 6.54 Å². The van der Waals surface area contributed by atoms with Crippen molar-refractivity contribution in [2.75, 3.05) is 13.1 Å². The number of pyridine rings is 2. The highest BCUT2D eigenvalue weighted by molar-refractivity contribution is 5.94. The maximum absolute atomic E-state index is 13.1. The topological polar surface area (TPSA) is 79.0 Å². The molecule has 0 aliphatic carbocycles. The van der Waals surface area contributed by atoms with E-state index in [1.807, 2.05) is 33.7 Å². The van der Waals surface area contributed by atoms with E-state index in [-0.39, 0.29) is 23.3 Å². The lowest BCUT2D eigenvalue weighted by Crippen LogP contribution is -2.49. The summed E-state index contributed by atoms with van der Waals surface area (Å²) in [5.74, 6) is 0.290. The molecule has 6 heteroatoms. The Balaban J connectivity index is 1.58. The number of hydrogen-bond acceptors (Lipinski definition) is 4. The van der Waals surface area contributed by atoms with E-state index in [1.165, 1.54) is 0 Å². The van der Waals surface area contributed by atoms with E-state index in [2.05, 4.69) is 11.1 Å². The minimum atomic E-state index is -0.0215. The number of carbonyl (C=O) groups is 1. The average Bonchev–Trinajstić information content (AvgIpc) is 2.79. The summed E-state index contributed by atoms with van der Waals surface area (Å²) in [5, 5.41) is 9.58. The van der Waals surface area contributed by atoms with Crippen LogP contribution in [0.5, 0.6) is 0 Å². The molecule has 2 bridgehead atoms. The van der Waals surface area contributed by atoms with Crippen LogP contribution < -0.4 is 5.56 Å². The largest absolute Gasteiger partial charge is 0.338 e. The van der Waals surface area contributed by atoms with E-state index < -0.39 is 0 Å². The van der Waals surface area contributed by atoms with E-state index in [0.29, 0.717) is 30.8 Å². The molecule has 0 radical (unpaired) electrons. The maximum Gasteiger partial charge on any atom is 0.253 e. The summed E-state index contributed by atoms with van der Waals surface area (Å²) < 4.78 is 1.86. The predicted octanol–water partition coefficient (Wildman–Crippen LogP) is 3.04. The molecule has 1 fully saturated rings. The summed E-state index contributed by atoms with van der Waals surface area (Å²) in [6.07, 6.45) is 4.19. The fourth-order valence-corrected chi connectivity index (χ4v) is 4.90. The molecule has 148 valence electrons. The van der Waals surface area contributed by atoms with Crippen molar-refractivity contribution in [2.24, 2.45) is 5.92 Å². The molecule has 2 aliphatic rings. The van der Waals surface area contributed by atoms with Crippen molar-refractivity contribution >= 4 is 5.91 Å². The zero-order chi connectivity index (χ0) is 20.7. The number of rotatable bonds is 2. The van der Waals surface area contributed by atoms with Gasteiger partial charge in [0, 0.05) is 66.4 Å². The van der Waals surface area contributed by atoms with Gasteiger partial charge >= 0.3 is 0 Å². The van der Waals surface area contributed by atoms with Gasteiger partial charge in [-0.05, 0) is 36.6 Å². The van der Waals surface area contributed by atoms with Crippen LogP contribution in [0.25, 0.3) is 11.1 Å². The predicted molar refractivity (Wildman–Crippen MR) is 112 cm³/mol. The zero-order valence-electron chi connectivity index (χ0n) is 16.4. The normalized spacial score (nSPS) is 19.6. The average molecular weight is 396 g/mol. The number of carbonyl (C=O) groups excluding carboxylic acids is 1. The minimum Gasteiger partial charge on any atom is -0.338 e. The molecule has 2 aromatic heterocycles. The van der Waals surface area contributed by atoms with E-state index >= 15 is 0 Å². The zero-order valence-corrected chi connectivity index (χ0v) is 16.4. The van der Waals surface area contributed by atoms with Gasteiger partial charge in [0.1, 0.15) is 0 Å². The van der Waals surface area contributed by atoms with Crippen LogP contribution in [-0.4, -0.2) is 33.4 Å². The lowest BCUT2D eigenvalue weighted by atomic mass is 9.80. The Morgan fingerprint density at radius 1 is 1.00 bits per heavy atom. The first kappa shape index (κ1) is 18.3. The second-order valence-corrected chi connectivity index (χ2v) is 7.98. The van der Waals surface area contributed by atoms with Crippen molar-refractivity contribution in [2.45, 2.75) is 18.9 Å². The molecule has 1 aromatic carbocycles. The van der Waals surface area contributed by atoms with E-state index in [0.717, 1.165) is 23.2 Å². The molecule has 0 saturated carbocycles. The SMILES string of the molecule is N#Cc1ccccc1-c1ccc(=O)n2c1[C@@H]1C[C@@H](CN(C(=O)c3ccncc3)C1)C2. The second-order valence-electron chi connectivity index (χ2n) is 7.98. The third kappa shape index (κ3) is 3.00. The number of nitriles is 1. The summed E-state index contributed by atoms with van der Waals surface area (Å²) in [6, 6.07) is 16.6. The van der Waals surface area contributed by atoms with Gasteiger partial charge in [-0.25, -0.2) is 0 Å². The molecule has 0 spiro atoms. The van der Waals surface area contributed by atoms with Gasteiger partial charge in [-0.1, -0.05) is 18.2 Å². The number of likely N-dealkylation sites (tertiary alicyclic amines) is 1. The first-order chi connectivity index (χ1) is 14.7. The van der Waals surface area contributed by atoms with Gasteiger partial charge in [0.15, 0.2) is 0 Å². The Hall–Kier alpha value is -3.72. The molecule has 0 N–H and O–H groups in total. The summed E-state index contributed by atoms with van der Waals surface area (Å²) in [6.45, 7) is 1.79. The molecule has 0 unspecified atom stereocenters. The number of benzene rings is 1. The third-order valence-corrected chi connectivity index (χ3v) is 6.14. The van der Waals surface area contributed by atoms with Crippen LogP contribution >= 0.6 is 0 Å². The van der Waals surface area contributed by atoms with Crippen molar-refractivity contribution in [3.8, 4) is 17.2 Å². The Morgan fingerprint density at radius 2 is 1.80 bits per heavy atom. The maximum atomic E-state index is 13.1. The minimum absolute atomic E-state index is 0.00203. The fraction of sp³-hybridized carbons (Fsp3) is 0.250. The van der Waals surface area contributed by atoms with Crippen LogP contribution in [0, 0.1) is 17.2 Å². The number of piperidine rings is 1. The molecule has 30 heavy (non-hydrogen) atoms. The van der Waals surface area contributed by atoms with Gasteiger partial charge < -0.3 is 9.47 Å². The number of nitrogens with zero attached hydrogens (tertiary/aromatic N) is 4. The van der Waals surface area contributed by atoms with E-state index in [4.69, 9.17) is 0 Å². The van der Waals surface area contributed by atoms with Crippen molar-refractivity contribution in [3.63, 3.8) is 0 Å². The molecular weight excluding hydrogens is 376 g/mol. The van der Waals surface area contributed by atoms with Crippen molar-refractivity contribution in [1.29, 1.82) is 5.26 Å². The molecule has 1 amide bonds. The Labute approximate surface area is 174 Å². The van der Waals surface area contributed by atoms with Gasteiger partial charge in [-0.15, -0.1) is 0 Å². The highest BCUT2D eigenvalue weighted by atomic mass is 16.2. The summed E-state index contributed by atoms with van der Waals surface area (Å²) in [5.41, 5.74) is 3.88. The number of fused-ring (bicyclic) bond motifs is 4. The number of hydrogen-bond donors (Lipinski definition) is 0. The van der Waals surface area contributed by atoms with Crippen molar-refractivity contribution in [1.82, 2.24) is 14.5 Å². The molecule has 2 atom stereocenters. The fourth-order valence-electron chi connectivity index (χ4n) is 4.90. The Bertz CT molecular complexity index is 1230. The van der Waals surface area contributed by atoms with Crippen molar-refractivity contribution < 1.29 is 4.79 Å². The molecule has 5 rings (SSSR count). The lowest BCUT2D eigenvalue weighted by molar-refractivity contribution is 0.0595. The first-order valence-corrected chi connectivity index (χ1v) is 10.1. The van der Waals surface area contributed by atoms with E-state index in [1.54, 1.807) is 36.7 Å².